The highest BCUT2D eigenvalue weighted by molar-refractivity contribution is 8.14. The number of thioether (sulfide) groups is 1. The van der Waals surface area contributed by atoms with Crippen LogP contribution in [0.3, 0.4) is 0 Å². The fourth-order valence-electron chi connectivity index (χ4n) is 1.61. The van der Waals surface area contributed by atoms with Crippen molar-refractivity contribution >= 4 is 33.7 Å². The summed E-state index contributed by atoms with van der Waals surface area (Å²) in [6, 6.07) is 1.93. The summed E-state index contributed by atoms with van der Waals surface area (Å²) in [6.45, 7) is 0. The zero-order valence-corrected chi connectivity index (χ0v) is 9.65. The molecule has 0 aliphatic carbocycles. The van der Waals surface area contributed by atoms with Crippen molar-refractivity contribution in [3.05, 3.63) is 29.6 Å². The second-order valence-corrected chi connectivity index (χ2v) is 4.56. The molecule has 5 nitrogen and oxygen atoms in total. The van der Waals surface area contributed by atoms with E-state index in [0.29, 0.717) is 17.3 Å². The number of nitrogens with one attached hydrogen (secondary N) is 2. The van der Waals surface area contributed by atoms with Crippen LogP contribution >= 0.6 is 11.8 Å². The summed E-state index contributed by atoms with van der Waals surface area (Å²) >= 11 is 1.03. The van der Waals surface area contributed by atoms with Crippen molar-refractivity contribution in [3.63, 3.8) is 0 Å². The molecule has 1 amide bonds. The van der Waals surface area contributed by atoms with Crippen LogP contribution in [0.4, 0.5) is 13.6 Å². The maximum Gasteiger partial charge on any atom is 0.299 e. The van der Waals surface area contributed by atoms with Crippen LogP contribution in [-0.2, 0) is 0 Å². The number of imidazole rings is 1. The second-order valence-electron chi connectivity index (χ2n) is 3.62. The number of halogens is 2. The summed E-state index contributed by atoms with van der Waals surface area (Å²) in [6.07, 6.45) is 0. The zero-order chi connectivity index (χ0) is 12.7. The van der Waals surface area contributed by atoms with Gasteiger partial charge in [0, 0.05) is 6.07 Å². The molecule has 0 fully saturated rings. The highest BCUT2D eigenvalue weighted by Gasteiger charge is 2.18. The molecule has 0 saturated heterocycles. The largest absolute Gasteiger partial charge is 0.337 e. The molecule has 0 saturated carbocycles. The third kappa shape index (κ3) is 1.84. The lowest BCUT2D eigenvalue weighted by Crippen LogP contribution is -2.24. The molecular formula is C10H6F2N4OS. The Kier molecular flexibility index (Phi) is 2.51. The van der Waals surface area contributed by atoms with Crippen LogP contribution < -0.4 is 5.43 Å². The van der Waals surface area contributed by atoms with E-state index in [4.69, 9.17) is 0 Å². The van der Waals surface area contributed by atoms with E-state index in [-0.39, 0.29) is 16.3 Å². The standard InChI is InChI=1S/C10H6F2N4OS/c11-4-1-5(12)8-6(2-4)13-9(14-8)7-3-18-10(17)16-15-7/h1-2H,3H2,(H,13,14)(H,16,17). The van der Waals surface area contributed by atoms with E-state index in [1.165, 1.54) is 0 Å². The number of hydrazone groups is 1. The van der Waals surface area contributed by atoms with Crippen molar-refractivity contribution in [2.75, 3.05) is 5.75 Å². The number of hydrogen-bond donors (Lipinski definition) is 2. The molecule has 8 heteroatoms. The van der Waals surface area contributed by atoms with Gasteiger partial charge in [0.2, 0.25) is 0 Å². The third-order valence-corrected chi connectivity index (χ3v) is 3.17. The molecule has 1 aromatic heterocycles. The SMILES string of the molecule is O=C1NN=C(c2nc3c(F)cc(F)cc3[nH]2)CS1. The summed E-state index contributed by atoms with van der Waals surface area (Å²) in [4.78, 5) is 17.7. The van der Waals surface area contributed by atoms with E-state index < -0.39 is 11.6 Å². The van der Waals surface area contributed by atoms with Gasteiger partial charge in [0.05, 0.1) is 11.3 Å². The van der Waals surface area contributed by atoms with Crippen LogP contribution in [0, 0.1) is 11.6 Å². The average molecular weight is 268 g/mol. The zero-order valence-electron chi connectivity index (χ0n) is 8.83. The number of fused-ring (bicyclic) bond motifs is 1. The van der Waals surface area contributed by atoms with E-state index in [0.717, 1.165) is 23.9 Å². The number of benzene rings is 1. The molecule has 1 aliphatic rings. The summed E-state index contributed by atoms with van der Waals surface area (Å²) in [5.41, 5.74) is 3.08. The molecule has 1 aromatic carbocycles. The normalized spacial score (nSPS) is 15.7. The Bertz CT molecular complexity index is 682. The number of hydrogen-bond acceptors (Lipinski definition) is 4. The number of amides is 1. The van der Waals surface area contributed by atoms with Crippen LogP contribution in [0.5, 0.6) is 0 Å². The van der Waals surface area contributed by atoms with Gasteiger partial charge in [0.15, 0.2) is 11.6 Å². The highest BCUT2D eigenvalue weighted by Crippen LogP contribution is 2.19. The maximum atomic E-state index is 13.5. The van der Waals surface area contributed by atoms with Gasteiger partial charge in [-0.3, -0.25) is 4.79 Å². The predicted molar refractivity (Wildman–Crippen MR) is 63.5 cm³/mol. The quantitative estimate of drug-likeness (QED) is 0.831. The Labute approximate surface area is 104 Å². The monoisotopic (exact) mass is 268 g/mol. The van der Waals surface area contributed by atoms with Gasteiger partial charge in [0.25, 0.3) is 5.24 Å². The third-order valence-electron chi connectivity index (χ3n) is 2.40. The van der Waals surface area contributed by atoms with Gasteiger partial charge in [-0.05, 0) is 6.07 Å². The van der Waals surface area contributed by atoms with Crippen molar-refractivity contribution in [2.24, 2.45) is 5.10 Å². The molecule has 0 radical (unpaired) electrons. The number of carbonyl (C=O) groups is 1. The lowest BCUT2D eigenvalue weighted by atomic mass is 10.3. The highest BCUT2D eigenvalue weighted by atomic mass is 32.2. The summed E-state index contributed by atoms with van der Waals surface area (Å²) < 4.78 is 26.5. The van der Waals surface area contributed by atoms with E-state index in [9.17, 15) is 13.6 Å². The maximum absolute atomic E-state index is 13.5. The minimum atomic E-state index is -0.736. The number of nitrogens with zero attached hydrogens (tertiary/aromatic N) is 2. The van der Waals surface area contributed by atoms with Crippen molar-refractivity contribution in [1.82, 2.24) is 15.4 Å². The van der Waals surface area contributed by atoms with Crippen LogP contribution in [0.25, 0.3) is 11.0 Å². The number of aromatic nitrogens is 2. The Morgan fingerprint density at radius 2 is 2.17 bits per heavy atom. The van der Waals surface area contributed by atoms with Crippen molar-refractivity contribution in [3.8, 4) is 0 Å². The first-order chi connectivity index (χ1) is 8.63. The Balaban J connectivity index is 2.09. The lowest BCUT2D eigenvalue weighted by molar-refractivity contribution is 0.261. The Morgan fingerprint density at radius 3 is 2.89 bits per heavy atom. The number of carbonyl (C=O) groups excluding carboxylic acids is 1. The molecule has 0 bridgehead atoms. The number of rotatable bonds is 1. The van der Waals surface area contributed by atoms with Gasteiger partial charge < -0.3 is 4.98 Å². The molecule has 0 spiro atoms. The topological polar surface area (TPSA) is 70.1 Å². The first-order valence-electron chi connectivity index (χ1n) is 4.98. The van der Waals surface area contributed by atoms with Crippen LogP contribution in [0.15, 0.2) is 17.2 Å². The minimum Gasteiger partial charge on any atom is -0.337 e. The van der Waals surface area contributed by atoms with Crippen molar-refractivity contribution < 1.29 is 13.6 Å². The number of aromatic amines is 1. The molecule has 2 aromatic rings. The van der Waals surface area contributed by atoms with E-state index in [2.05, 4.69) is 20.5 Å². The number of H-pyrrole nitrogens is 1. The van der Waals surface area contributed by atoms with E-state index in [1.807, 2.05) is 0 Å². The van der Waals surface area contributed by atoms with Crippen LogP contribution in [-0.4, -0.2) is 26.7 Å². The molecule has 2 N–H and O–H groups in total. The van der Waals surface area contributed by atoms with E-state index >= 15 is 0 Å². The second kappa shape index (κ2) is 4.05. The predicted octanol–water partition coefficient (Wildman–Crippen LogP) is 2.00. The van der Waals surface area contributed by atoms with Crippen molar-refractivity contribution in [1.29, 1.82) is 0 Å². The Hall–Kier alpha value is -1.96. The summed E-state index contributed by atoms with van der Waals surface area (Å²) in [5, 5.41) is 3.56. The smallest absolute Gasteiger partial charge is 0.299 e. The van der Waals surface area contributed by atoms with Crippen LogP contribution in [0.2, 0.25) is 0 Å². The molecule has 0 unspecified atom stereocenters. The molecule has 3 rings (SSSR count). The molecule has 0 atom stereocenters. The molecule has 92 valence electrons. The minimum absolute atomic E-state index is 0.0519. The van der Waals surface area contributed by atoms with Gasteiger partial charge in [-0.25, -0.2) is 19.2 Å². The van der Waals surface area contributed by atoms with Gasteiger partial charge in [-0.2, -0.15) is 5.10 Å². The van der Waals surface area contributed by atoms with Gasteiger partial charge in [-0.15, -0.1) is 0 Å². The molecular weight excluding hydrogens is 262 g/mol. The van der Waals surface area contributed by atoms with Gasteiger partial charge in [-0.1, -0.05) is 11.8 Å². The van der Waals surface area contributed by atoms with Crippen LogP contribution in [0.1, 0.15) is 5.82 Å². The lowest BCUT2D eigenvalue weighted by Gasteiger charge is -2.08. The van der Waals surface area contributed by atoms with E-state index in [1.54, 1.807) is 0 Å². The summed E-state index contributed by atoms with van der Waals surface area (Å²) in [7, 11) is 0. The molecule has 18 heavy (non-hydrogen) atoms. The summed E-state index contributed by atoms with van der Waals surface area (Å²) in [5.74, 6) is -0.762. The molecule has 2 heterocycles. The first kappa shape index (κ1) is 11.1. The first-order valence-corrected chi connectivity index (χ1v) is 5.96. The van der Waals surface area contributed by atoms with Gasteiger partial charge in [0.1, 0.15) is 17.0 Å². The van der Waals surface area contributed by atoms with Crippen molar-refractivity contribution in [2.45, 2.75) is 0 Å². The Morgan fingerprint density at radius 1 is 1.33 bits per heavy atom. The average Bonchev–Trinajstić information content (AvgIpc) is 2.74. The fourth-order valence-corrected chi connectivity index (χ4v) is 2.19. The fraction of sp³-hybridized carbons (Fsp3) is 0.100. The molecule has 1 aliphatic heterocycles. The van der Waals surface area contributed by atoms with Gasteiger partial charge >= 0.3 is 0 Å².